The first kappa shape index (κ1) is 18.7. The number of hydrogen-bond donors (Lipinski definition) is 1. The second kappa shape index (κ2) is 7.26. The molecule has 1 unspecified atom stereocenters. The number of hydrogen-bond acceptors (Lipinski definition) is 5. The zero-order valence-corrected chi connectivity index (χ0v) is 15.8. The highest BCUT2D eigenvalue weighted by molar-refractivity contribution is 7.89. The quantitative estimate of drug-likeness (QED) is 0.838. The summed E-state index contributed by atoms with van der Waals surface area (Å²) in [6.07, 6.45) is 0.779. The van der Waals surface area contributed by atoms with Crippen LogP contribution in [0.4, 0.5) is 0 Å². The van der Waals surface area contributed by atoms with Crippen molar-refractivity contribution in [3.63, 3.8) is 0 Å². The van der Waals surface area contributed by atoms with Crippen LogP contribution in [0, 0.1) is 5.41 Å². The van der Waals surface area contributed by atoms with E-state index in [1.165, 1.54) is 4.31 Å². The molecule has 0 radical (unpaired) electrons. The summed E-state index contributed by atoms with van der Waals surface area (Å²) in [6.45, 7) is 3.46. The summed E-state index contributed by atoms with van der Waals surface area (Å²) >= 11 is 0. The number of methoxy groups -OCH3 is 1. The van der Waals surface area contributed by atoms with E-state index in [0.29, 0.717) is 31.1 Å². The van der Waals surface area contributed by atoms with Gasteiger partial charge in [0.05, 0.1) is 12.0 Å². The summed E-state index contributed by atoms with van der Waals surface area (Å²) < 4.78 is 38.0. The highest BCUT2D eigenvalue weighted by Gasteiger charge is 2.38. The van der Waals surface area contributed by atoms with Crippen molar-refractivity contribution >= 4 is 10.0 Å². The Kier molecular flexibility index (Phi) is 5.22. The summed E-state index contributed by atoms with van der Waals surface area (Å²) in [6, 6.07) is 13.7. The molecule has 0 spiro atoms. The molecule has 1 aliphatic heterocycles. The maximum absolute atomic E-state index is 12.8. The molecule has 1 saturated heterocycles. The number of ether oxygens (including phenoxy) is 2. The zero-order chi connectivity index (χ0) is 18.8. The van der Waals surface area contributed by atoms with Crippen LogP contribution in [-0.2, 0) is 10.0 Å². The van der Waals surface area contributed by atoms with Crippen molar-refractivity contribution in [2.75, 3.05) is 26.7 Å². The summed E-state index contributed by atoms with van der Waals surface area (Å²) in [5.41, 5.74) is 5.63. The molecule has 1 aliphatic rings. The lowest BCUT2D eigenvalue weighted by Crippen LogP contribution is -2.34. The average molecular weight is 376 g/mol. The minimum Gasteiger partial charge on any atom is -0.497 e. The van der Waals surface area contributed by atoms with Gasteiger partial charge in [0.2, 0.25) is 10.0 Å². The Balaban J connectivity index is 1.72. The molecule has 2 aromatic carbocycles. The van der Waals surface area contributed by atoms with E-state index in [9.17, 15) is 8.42 Å². The maximum atomic E-state index is 12.8. The Morgan fingerprint density at radius 2 is 1.58 bits per heavy atom. The molecular formula is C19H24N2O4S. The summed E-state index contributed by atoms with van der Waals surface area (Å²) in [4.78, 5) is 0.265. The fourth-order valence-corrected chi connectivity index (χ4v) is 4.55. The van der Waals surface area contributed by atoms with Crippen LogP contribution in [0.1, 0.15) is 13.3 Å². The predicted octanol–water partition coefficient (Wildman–Crippen LogP) is 2.85. The highest BCUT2D eigenvalue weighted by atomic mass is 32.2. The lowest BCUT2D eigenvalue weighted by molar-refractivity contribution is 0.349. The van der Waals surface area contributed by atoms with Gasteiger partial charge in [0.15, 0.2) is 0 Å². The fraction of sp³-hybridized carbons (Fsp3) is 0.368. The molecule has 1 atom stereocenters. The fourth-order valence-electron chi connectivity index (χ4n) is 2.96. The molecule has 0 saturated carbocycles. The smallest absolute Gasteiger partial charge is 0.243 e. The van der Waals surface area contributed by atoms with Gasteiger partial charge in [-0.15, -0.1) is 0 Å². The first-order valence-corrected chi connectivity index (χ1v) is 9.92. The second-order valence-electron chi connectivity index (χ2n) is 6.85. The minimum absolute atomic E-state index is 0.148. The first-order valence-electron chi connectivity index (χ1n) is 8.48. The maximum Gasteiger partial charge on any atom is 0.243 e. The topological polar surface area (TPSA) is 81.9 Å². The van der Waals surface area contributed by atoms with Gasteiger partial charge in [0.1, 0.15) is 17.2 Å². The Morgan fingerprint density at radius 3 is 2.08 bits per heavy atom. The Labute approximate surface area is 154 Å². The Bertz CT molecular complexity index is 850. The van der Waals surface area contributed by atoms with Crippen LogP contribution in [0.2, 0.25) is 0 Å². The third-order valence-corrected chi connectivity index (χ3v) is 6.63. The molecule has 0 aromatic heterocycles. The van der Waals surface area contributed by atoms with Gasteiger partial charge in [0, 0.05) is 13.1 Å². The van der Waals surface area contributed by atoms with Crippen molar-refractivity contribution in [2.45, 2.75) is 18.2 Å². The van der Waals surface area contributed by atoms with E-state index in [1.54, 1.807) is 55.6 Å². The van der Waals surface area contributed by atoms with Crippen LogP contribution in [0.15, 0.2) is 53.4 Å². The highest BCUT2D eigenvalue weighted by Crippen LogP contribution is 2.33. The summed E-state index contributed by atoms with van der Waals surface area (Å²) in [7, 11) is -1.91. The molecule has 26 heavy (non-hydrogen) atoms. The van der Waals surface area contributed by atoms with Crippen molar-refractivity contribution in [3.8, 4) is 17.2 Å². The monoisotopic (exact) mass is 376 g/mol. The molecule has 2 aromatic rings. The molecule has 0 bridgehead atoms. The Hall–Kier alpha value is -2.09. The Morgan fingerprint density at radius 1 is 1.04 bits per heavy atom. The molecule has 6 nitrogen and oxygen atoms in total. The summed E-state index contributed by atoms with van der Waals surface area (Å²) in [5.74, 6) is 1.97. The van der Waals surface area contributed by atoms with Gasteiger partial charge in [-0.3, -0.25) is 0 Å². The third-order valence-electron chi connectivity index (χ3n) is 4.77. The number of nitrogens with two attached hydrogens (primary N) is 1. The van der Waals surface area contributed by atoms with E-state index in [4.69, 9.17) is 15.2 Å². The molecule has 3 rings (SSSR count). The first-order chi connectivity index (χ1) is 12.4. The number of nitrogens with zero attached hydrogens (tertiary/aromatic N) is 1. The van der Waals surface area contributed by atoms with Crippen molar-refractivity contribution in [3.05, 3.63) is 48.5 Å². The van der Waals surface area contributed by atoms with Crippen molar-refractivity contribution in [1.29, 1.82) is 0 Å². The third kappa shape index (κ3) is 3.85. The summed E-state index contributed by atoms with van der Waals surface area (Å²) in [5, 5.41) is 0. The number of rotatable bonds is 6. The van der Waals surface area contributed by atoms with Crippen LogP contribution in [0.5, 0.6) is 17.2 Å². The van der Waals surface area contributed by atoms with E-state index in [0.717, 1.165) is 12.2 Å². The average Bonchev–Trinajstić information content (AvgIpc) is 3.07. The van der Waals surface area contributed by atoms with Crippen LogP contribution in [0.25, 0.3) is 0 Å². The zero-order valence-electron chi connectivity index (χ0n) is 15.0. The number of sulfonamides is 1. The normalized spacial score (nSPS) is 20.9. The molecule has 1 heterocycles. The SMILES string of the molecule is COc1ccc(Oc2ccc(S(=O)(=O)N3CCC(C)(CN)C3)cc2)cc1. The minimum atomic E-state index is -3.51. The molecule has 140 valence electrons. The van der Waals surface area contributed by atoms with Gasteiger partial charge in [-0.1, -0.05) is 6.92 Å². The van der Waals surface area contributed by atoms with Crippen molar-refractivity contribution in [2.24, 2.45) is 11.1 Å². The van der Waals surface area contributed by atoms with Crippen LogP contribution < -0.4 is 15.2 Å². The van der Waals surface area contributed by atoms with Crippen LogP contribution in [-0.4, -0.2) is 39.5 Å². The molecule has 0 amide bonds. The van der Waals surface area contributed by atoms with Gasteiger partial charge in [-0.05, 0) is 66.9 Å². The lowest BCUT2D eigenvalue weighted by atomic mass is 9.90. The van der Waals surface area contributed by atoms with Gasteiger partial charge in [-0.25, -0.2) is 8.42 Å². The van der Waals surface area contributed by atoms with E-state index >= 15 is 0 Å². The molecule has 2 N–H and O–H groups in total. The van der Waals surface area contributed by atoms with E-state index in [-0.39, 0.29) is 10.3 Å². The van der Waals surface area contributed by atoms with Gasteiger partial charge in [-0.2, -0.15) is 4.31 Å². The van der Waals surface area contributed by atoms with Gasteiger partial charge >= 0.3 is 0 Å². The molecule has 0 aliphatic carbocycles. The molecule has 7 heteroatoms. The largest absolute Gasteiger partial charge is 0.497 e. The molecular weight excluding hydrogens is 352 g/mol. The van der Waals surface area contributed by atoms with Crippen LogP contribution in [0.3, 0.4) is 0 Å². The van der Waals surface area contributed by atoms with Crippen molar-refractivity contribution < 1.29 is 17.9 Å². The van der Waals surface area contributed by atoms with Crippen LogP contribution >= 0.6 is 0 Å². The van der Waals surface area contributed by atoms with E-state index < -0.39 is 10.0 Å². The van der Waals surface area contributed by atoms with Gasteiger partial charge in [0.25, 0.3) is 0 Å². The molecule has 1 fully saturated rings. The van der Waals surface area contributed by atoms with E-state index in [2.05, 4.69) is 0 Å². The number of benzene rings is 2. The lowest BCUT2D eigenvalue weighted by Gasteiger charge is -2.22. The van der Waals surface area contributed by atoms with Gasteiger partial charge < -0.3 is 15.2 Å². The van der Waals surface area contributed by atoms with Crippen molar-refractivity contribution in [1.82, 2.24) is 4.31 Å². The second-order valence-corrected chi connectivity index (χ2v) is 8.79. The van der Waals surface area contributed by atoms with E-state index in [1.807, 2.05) is 6.92 Å². The predicted molar refractivity (Wildman–Crippen MR) is 100 cm³/mol. The standard InChI is InChI=1S/C19H24N2O4S/c1-19(13-20)11-12-21(14-19)26(22,23)18-9-7-17(8-10-18)25-16-5-3-15(24-2)4-6-16/h3-10H,11-14,20H2,1-2H3.